The second kappa shape index (κ2) is 5.11. The molecular formula is C15H21NO3. The van der Waals surface area contributed by atoms with E-state index < -0.39 is 5.56 Å². The zero-order valence-electron chi connectivity index (χ0n) is 11.4. The molecule has 0 saturated heterocycles. The van der Waals surface area contributed by atoms with Gasteiger partial charge in [-0.2, -0.15) is 4.73 Å². The summed E-state index contributed by atoms with van der Waals surface area (Å²) in [4.78, 5) is 12.1. The summed E-state index contributed by atoms with van der Waals surface area (Å²) in [6.07, 6.45) is 5.00. The summed E-state index contributed by atoms with van der Waals surface area (Å²) in [7, 11) is 0. The maximum Gasteiger partial charge on any atom is 0.290 e. The van der Waals surface area contributed by atoms with Crippen molar-refractivity contribution in [3.63, 3.8) is 0 Å². The number of hydrogen-bond donors (Lipinski definition) is 2. The molecule has 1 aromatic rings. The van der Waals surface area contributed by atoms with Crippen LogP contribution in [0.25, 0.3) is 0 Å². The summed E-state index contributed by atoms with van der Waals surface area (Å²) in [6.45, 7) is 8.14. The summed E-state index contributed by atoms with van der Waals surface area (Å²) in [5.41, 5.74) is -0.215. The van der Waals surface area contributed by atoms with Crippen molar-refractivity contribution in [2.75, 3.05) is 0 Å². The highest BCUT2D eigenvalue weighted by Crippen LogP contribution is 2.45. The van der Waals surface area contributed by atoms with Crippen LogP contribution in [0.4, 0.5) is 0 Å². The molecule has 0 amide bonds. The number of aromatic nitrogens is 1. The number of pyridine rings is 1. The van der Waals surface area contributed by atoms with Crippen molar-refractivity contribution in [2.24, 2.45) is 17.8 Å². The maximum atomic E-state index is 12.1. The van der Waals surface area contributed by atoms with Gasteiger partial charge in [0.25, 0.3) is 5.56 Å². The van der Waals surface area contributed by atoms with E-state index in [9.17, 15) is 15.1 Å². The molecule has 0 radical (unpaired) electrons. The Morgan fingerprint density at radius 2 is 2.11 bits per heavy atom. The molecule has 2 rings (SSSR count). The lowest BCUT2D eigenvalue weighted by molar-refractivity contribution is 0.164. The molecular weight excluding hydrogens is 242 g/mol. The third-order valence-corrected chi connectivity index (χ3v) is 4.25. The molecule has 1 saturated carbocycles. The third kappa shape index (κ3) is 2.39. The molecule has 0 aliphatic heterocycles. The van der Waals surface area contributed by atoms with Gasteiger partial charge in [0.1, 0.15) is 5.75 Å². The lowest BCUT2D eigenvalue weighted by Crippen LogP contribution is -2.33. The standard InChI is InChI=1S/C15H21NO3/c1-4-11-8-9(2)7-10(3)13(11)14-12(17)5-6-16(19)15(14)18/h4-6,9-11,13,17,19H,1,7-8H2,2-3H3/t9-,10+,11-,13-/m1/s1. The van der Waals surface area contributed by atoms with Crippen molar-refractivity contribution in [2.45, 2.75) is 32.6 Å². The normalized spacial score (nSPS) is 31.1. The Balaban J connectivity index is 2.53. The Kier molecular flexibility index (Phi) is 3.69. The molecule has 1 heterocycles. The van der Waals surface area contributed by atoms with E-state index in [4.69, 9.17) is 0 Å². The van der Waals surface area contributed by atoms with Crippen LogP contribution >= 0.6 is 0 Å². The van der Waals surface area contributed by atoms with E-state index >= 15 is 0 Å². The average molecular weight is 263 g/mol. The minimum absolute atomic E-state index is 0.0337. The van der Waals surface area contributed by atoms with Crippen molar-refractivity contribution in [1.29, 1.82) is 0 Å². The van der Waals surface area contributed by atoms with Crippen LogP contribution in [0.2, 0.25) is 0 Å². The van der Waals surface area contributed by atoms with Crippen LogP contribution in [0, 0.1) is 17.8 Å². The number of allylic oxidation sites excluding steroid dienone is 1. The van der Waals surface area contributed by atoms with Crippen molar-refractivity contribution in [3.8, 4) is 5.75 Å². The highest BCUT2D eigenvalue weighted by molar-refractivity contribution is 5.34. The highest BCUT2D eigenvalue weighted by atomic mass is 16.5. The van der Waals surface area contributed by atoms with Gasteiger partial charge in [-0.1, -0.05) is 19.9 Å². The van der Waals surface area contributed by atoms with Crippen LogP contribution in [-0.2, 0) is 0 Å². The average Bonchev–Trinajstić information content (AvgIpc) is 2.36. The molecule has 4 heteroatoms. The van der Waals surface area contributed by atoms with E-state index in [0.717, 1.165) is 12.8 Å². The molecule has 0 aromatic carbocycles. The van der Waals surface area contributed by atoms with Crippen LogP contribution in [0.1, 0.15) is 38.2 Å². The van der Waals surface area contributed by atoms with Crippen molar-refractivity contribution >= 4 is 0 Å². The van der Waals surface area contributed by atoms with Gasteiger partial charge in [-0.25, -0.2) is 0 Å². The fraction of sp³-hybridized carbons (Fsp3) is 0.533. The molecule has 4 nitrogen and oxygen atoms in total. The van der Waals surface area contributed by atoms with Crippen LogP contribution < -0.4 is 5.56 Å². The predicted molar refractivity (Wildman–Crippen MR) is 73.5 cm³/mol. The number of nitrogens with zero attached hydrogens (tertiary/aromatic N) is 1. The largest absolute Gasteiger partial charge is 0.507 e. The molecule has 4 atom stereocenters. The maximum absolute atomic E-state index is 12.1. The lowest BCUT2D eigenvalue weighted by Gasteiger charge is -2.38. The Morgan fingerprint density at radius 1 is 1.42 bits per heavy atom. The van der Waals surface area contributed by atoms with Crippen LogP contribution in [0.15, 0.2) is 29.7 Å². The fourth-order valence-corrected chi connectivity index (χ4v) is 3.50. The SMILES string of the molecule is C=C[C@@H]1C[C@H](C)C[C@H](C)[C@H]1c1c(O)ccn(O)c1=O. The van der Waals surface area contributed by atoms with Gasteiger partial charge in [0.2, 0.25) is 0 Å². The summed E-state index contributed by atoms with van der Waals surface area (Å²) in [5, 5.41) is 19.5. The van der Waals surface area contributed by atoms with Gasteiger partial charge in [0.15, 0.2) is 0 Å². The number of aromatic hydroxyl groups is 1. The van der Waals surface area contributed by atoms with E-state index in [1.54, 1.807) is 0 Å². The van der Waals surface area contributed by atoms with Crippen LogP contribution in [-0.4, -0.2) is 15.0 Å². The third-order valence-electron chi connectivity index (χ3n) is 4.25. The zero-order valence-corrected chi connectivity index (χ0v) is 11.4. The predicted octanol–water partition coefficient (Wildman–Crippen LogP) is 2.74. The van der Waals surface area contributed by atoms with Gasteiger partial charge in [0, 0.05) is 12.0 Å². The van der Waals surface area contributed by atoms with Gasteiger partial charge in [-0.05, 0) is 30.6 Å². The Hall–Kier alpha value is -1.71. The molecule has 19 heavy (non-hydrogen) atoms. The van der Waals surface area contributed by atoms with Crippen molar-refractivity contribution in [3.05, 3.63) is 40.8 Å². The molecule has 0 spiro atoms. The fourth-order valence-electron chi connectivity index (χ4n) is 3.50. The summed E-state index contributed by atoms with van der Waals surface area (Å²) >= 11 is 0. The van der Waals surface area contributed by atoms with Gasteiger partial charge in [-0.15, -0.1) is 6.58 Å². The monoisotopic (exact) mass is 263 g/mol. The molecule has 1 fully saturated rings. The van der Waals surface area contributed by atoms with E-state index in [-0.39, 0.29) is 23.5 Å². The van der Waals surface area contributed by atoms with Crippen molar-refractivity contribution < 1.29 is 10.3 Å². The van der Waals surface area contributed by atoms with Gasteiger partial charge < -0.3 is 10.3 Å². The van der Waals surface area contributed by atoms with E-state index in [1.165, 1.54) is 12.3 Å². The summed E-state index contributed by atoms with van der Waals surface area (Å²) in [6, 6.07) is 1.36. The first kappa shape index (κ1) is 13.7. The molecule has 0 bridgehead atoms. The van der Waals surface area contributed by atoms with Crippen LogP contribution in [0.3, 0.4) is 0 Å². The zero-order chi connectivity index (χ0) is 14.2. The molecule has 1 aliphatic carbocycles. The quantitative estimate of drug-likeness (QED) is 0.637. The van der Waals surface area contributed by atoms with Gasteiger partial charge in [0.05, 0.1) is 11.8 Å². The minimum Gasteiger partial charge on any atom is -0.507 e. The summed E-state index contributed by atoms with van der Waals surface area (Å²) in [5.74, 6) is 0.887. The molecule has 2 N–H and O–H groups in total. The minimum atomic E-state index is -0.529. The van der Waals surface area contributed by atoms with E-state index in [2.05, 4.69) is 20.4 Å². The van der Waals surface area contributed by atoms with Crippen molar-refractivity contribution in [1.82, 2.24) is 4.73 Å². The van der Waals surface area contributed by atoms with E-state index in [0.29, 0.717) is 16.2 Å². The lowest BCUT2D eigenvalue weighted by atomic mass is 9.66. The van der Waals surface area contributed by atoms with Gasteiger partial charge in [-0.3, -0.25) is 4.79 Å². The number of rotatable bonds is 2. The molecule has 1 aromatic heterocycles. The first-order chi connectivity index (χ1) is 8.95. The Labute approximate surface area is 113 Å². The van der Waals surface area contributed by atoms with E-state index in [1.807, 2.05) is 6.08 Å². The van der Waals surface area contributed by atoms with Crippen LogP contribution in [0.5, 0.6) is 5.75 Å². The van der Waals surface area contributed by atoms with Gasteiger partial charge >= 0.3 is 0 Å². The topological polar surface area (TPSA) is 62.5 Å². The Morgan fingerprint density at radius 3 is 2.74 bits per heavy atom. The highest BCUT2D eigenvalue weighted by Gasteiger charge is 2.36. The molecule has 1 aliphatic rings. The summed E-state index contributed by atoms with van der Waals surface area (Å²) < 4.78 is 0.542. The second-order valence-corrected chi connectivity index (χ2v) is 5.74. The smallest absolute Gasteiger partial charge is 0.290 e. The number of hydrogen-bond acceptors (Lipinski definition) is 3. The molecule has 104 valence electrons. The Bertz CT molecular complexity index is 535. The first-order valence-corrected chi connectivity index (χ1v) is 6.72. The molecule has 0 unspecified atom stereocenters. The second-order valence-electron chi connectivity index (χ2n) is 5.74. The first-order valence-electron chi connectivity index (χ1n) is 6.72.